The van der Waals surface area contributed by atoms with Crippen molar-refractivity contribution in [3.63, 3.8) is 0 Å². The fraction of sp³-hybridized carbons (Fsp3) is 0.0435. The zero-order valence-electron chi connectivity index (χ0n) is 16.2. The molecule has 0 unspecified atom stereocenters. The molecule has 7 nitrogen and oxygen atoms in total. The third-order valence-corrected chi connectivity index (χ3v) is 5.16. The maximum atomic E-state index is 11.0. The number of hydrogen-bond donors (Lipinski definition) is 1. The van der Waals surface area contributed by atoms with Crippen LogP contribution in [0.4, 0.5) is 11.5 Å². The van der Waals surface area contributed by atoms with Gasteiger partial charge in [0.25, 0.3) is 5.69 Å². The maximum absolute atomic E-state index is 11.0. The fourth-order valence-electron chi connectivity index (χ4n) is 3.04. The van der Waals surface area contributed by atoms with Crippen molar-refractivity contribution < 1.29 is 10.0 Å². The van der Waals surface area contributed by atoms with Crippen molar-refractivity contribution in [1.82, 2.24) is 9.78 Å². The van der Waals surface area contributed by atoms with Crippen molar-refractivity contribution in [3.8, 4) is 17.0 Å². The first-order valence-electron chi connectivity index (χ1n) is 9.39. The van der Waals surface area contributed by atoms with Gasteiger partial charge in [-0.3, -0.25) is 10.1 Å². The van der Waals surface area contributed by atoms with E-state index in [1.165, 1.54) is 24.4 Å². The summed E-state index contributed by atoms with van der Waals surface area (Å²) in [6, 6.07) is 23.3. The number of benzene rings is 3. The quantitative estimate of drug-likeness (QED) is 0.218. The van der Waals surface area contributed by atoms with E-state index < -0.39 is 4.92 Å². The van der Waals surface area contributed by atoms with E-state index in [0.29, 0.717) is 12.4 Å². The lowest BCUT2D eigenvalue weighted by Crippen LogP contribution is -2.01. The van der Waals surface area contributed by atoms with Crippen LogP contribution in [0.15, 0.2) is 88.3 Å². The number of halogens is 1. The summed E-state index contributed by atoms with van der Waals surface area (Å²) in [7, 11) is 0. The fourth-order valence-corrected chi connectivity index (χ4v) is 3.30. The van der Waals surface area contributed by atoms with E-state index in [1.807, 2.05) is 60.7 Å². The Morgan fingerprint density at radius 2 is 1.81 bits per heavy atom. The number of rotatable bonds is 6. The lowest BCUT2D eigenvalue weighted by Gasteiger charge is -2.04. The van der Waals surface area contributed by atoms with E-state index >= 15 is 0 Å². The first kappa shape index (κ1) is 20.5. The van der Waals surface area contributed by atoms with Gasteiger partial charge in [-0.25, -0.2) is 9.67 Å². The van der Waals surface area contributed by atoms with Crippen LogP contribution in [0.3, 0.4) is 0 Å². The summed E-state index contributed by atoms with van der Waals surface area (Å²) in [4.78, 5) is 15.0. The van der Waals surface area contributed by atoms with Crippen LogP contribution < -0.4 is 0 Å². The molecular formula is C23H17BrN4O3. The molecule has 0 bridgehead atoms. The third kappa shape index (κ3) is 4.87. The Bertz CT molecular complexity index is 1250. The first-order valence-corrected chi connectivity index (χ1v) is 10.2. The van der Waals surface area contributed by atoms with Crippen molar-refractivity contribution in [2.24, 2.45) is 4.99 Å². The summed E-state index contributed by atoms with van der Waals surface area (Å²) in [6.07, 6.45) is 1.41. The van der Waals surface area contributed by atoms with Crippen LogP contribution in [0.1, 0.15) is 11.1 Å². The van der Waals surface area contributed by atoms with Gasteiger partial charge in [-0.15, -0.1) is 0 Å². The average molecular weight is 477 g/mol. The number of aromatic nitrogens is 2. The number of aliphatic imine (C=N–C) groups is 1. The highest BCUT2D eigenvalue weighted by Crippen LogP contribution is 2.27. The predicted octanol–water partition coefficient (Wildman–Crippen LogP) is 5.73. The van der Waals surface area contributed by atoms with Gasteiger partial charge >= 0.3 is 0 Å². The Morgan fingerprint density at radius 1 is 1.06 bits per heavy atom. The van der Waals surface area contributed by atoms with Crippen LogP contribution in [0.5, 0.6) is 5.75 Å². The summed E-state index contributed by atoms with van der Waals surface area (Å²) in [5.41, 5.74) is 2.88. The van der Waals surface area contributed by atoms with Gasteiger partial charge in [0.15, 0.2) is 5.82 Å². The molecule has 4 rings (SSSR count). The van der Waals surface area contributed by atoms with Crippen molar-refractivity contribution in [3.05, 3.63) is 105 Å². The number of non-ortho nitro benzene ring substituents is 1. The van der Waals surface area contributed by atoms with Gasteiger partial charge in [-0.1, -0.05) is 58.4 Å². The smallest absolute Gasteiger partial charge is 0.270 e. The van der Waals surface area contributed by atoms with Crippen molar-refractivity contribution in [2.75, 3.05) is 0 Å². The molecule has 3 aromatic carbocycles. The molecule has 0 saturated heterocycles. The minimum Gasteiger partial charge on any atom is -0.507 e. The Balaban J connectivity index is 1.73. The Labute approximate surface area is 186 Å². The highest BCUT2D eigenvalue weighted by atomic mass is 79.9. The lowest BCUT2D eigenvalue weighted by molar-refractivity contribution is -0.384. The molecule has 31 heavy (non-hydrogen) atoms. The molecule has 0 saturated carbocycles. The Morgan fingerprint density at radius 3 is 2.52 bits per heavy atom. The van der Waals surface area contributed by atoms with E-state index in [0.717, 1.165) is 21.3 Å². The van der Waals surface area contributed by atoms with Crippen LogP contribution >= 0.6 is 15.9 Å². The molecule has 0 radical (unpaired) electrons. The molecule has 1 aromatic heterocycles. The normalized spacial score (nSPS) is 11.1. The van der Waals surface area contributed by atoms with Gasteiger partial charge in [0.1, 0.15) is 5.75 Å². The molecule has 0 atom stereocenters. The summed E-state index contributed by atoms with van der Waals surface area (Å²) < 4.78 is 2.73. The van der Waals surface area contributed by atoms with Gasteiger partial charge < -0.3 is 5.11 Å². The minimum atomic E-state index is -0.512. The van der Waals surface area contributed by atoms with Crippen LogP contribution in [-0.2, 0) is 6.54 Å². The number of aromatic hydroxyl groups is 1. The summed E-state index contributed by atoms with van der Waals surface area (Å²) in [5.74, 6) is 0.476. The molecule has 8 heteroatoms. The van der Waals surface area contributed by atoms with Crippen LogP contribution in [0, 0.1) is 10.1 Å². The topological polar surface area (TPSA) is 93.6 Å². The number of phenolic OH excluding ortho intramolecular Hbond substituents is 1. The summed E-state index contributed by atoms with van der Waals surface area (Å²) in [5, 5.41) is 25.8. The number of hydrogen-bond acceptors (Lipinski definition) is 5. The average Bonchev–Trinajstić information content (AvgIpc) is 3.16. The number of nitrogens with zero attached hydrogens (tertiary/aromatic N) is 4. The molecule has 0 aliphatic rings. The second kappa shape index (κ2) is 8.93. The standard InChI is InChI=1S/C23H17BrN4O3/c24-19-8-6-17(7-9-19)21-13-23(27(26-21)15-16-4-2-1-3-5-16)25-14-18-12-20(28(30)31)10-11-22(18)29/h1-14,29H,15H2/b25-14+. The second-order valence-electron chi connectivity index (χ2n) is 6.80. The number of nitro groups is 1. The number of phenols is 1. The molecule has 4 aromatic rings. The summed E-state index contributed by atoms with van der Waals surface area (Å²) >= 11 is 3.43. The van der Waals surface area contributed by atoms with Gasteiger partial charge in [0, 0.05) is 40.0 Å². The monoisotopic (exact) mass is 476 g/mol. The molecule has 0 spiro atoms. The highest BCUT2D eigenvalue weighted by Gasteiger charge is 2.12. The second-order valence-corrected chi connectivity index (χ2v) is 7.71. The van der Waals surface area contributed by atoms with E-state index in [9.17, 15) is 15.2 Å². The molecule has 154 valence electrons. The van der Waals surface area contributed by atoms with Crippen molar-refractivity contribution >= 4 is 33.6 Å². The highest BCUT2D eigenvalue weighted by molar-refractivity contribution is 9.10. The van der Waals surface area contributed by atoms with E-state index in [2.05, 4.69) is 20.9 Å². The molecule has 1 N–H and O–H groups in total. The van der Waals surface area contributed by atoms with E-state index in [4.69, 9.17) is 5.10 Å². The van der Waals surface area contributed by atoms with Gasteiger partial charge in [-0.2, -0.15) is 5.10 Å². The molecule has 1 heterocycles. The number of nitro benzene ring substituents is 1. The van der Waals surface area contributed by atoms with Crippen LogP contribution in [-0.4, -0.2) is 26.0 Å². The summed E-state index contributed by atoms with van der Waals surface area (Å²) in [6.45, 7) is 0.505. The zero-order valence-corrected chi connectivity index (χ0v) is 17.8. The van der Waals surface area contributed by atoms with Crippen LogP contribution in [0.25, 0.3) is 11.3 Å². The van der Waals surface area contributed by atoms with E-state index in [1.54, 1.807) is 4.68 Å². The van der Waals surface area contributed by atoms with Gasteiger partial charge in [0.05, 0.1) is 17.2 Å². The molecular weight excluding hydrogens is 460 g/mol. The van der Waals surface area contributed by atoms with E-state index in [-0.39, 0.29) is 17.0 Å². The largest absolute Gasteiger partial charge is 0.507 e. The predicted molar refractivity (Wildman–Crippen MR) is 123 cm³/mol. The van der Waals surface area contributed by atoms with Crippen molar-refractivity contribution in [2.45, 2.75) is 6.54 Å². The third-order valence-electron chi connectivity index (χ3n) is 4.63. The first-order chi connectivity index (χ1) is 15.0. The Kier molecular flexibility index (Phi) is 5.90. The van der Waals surface area contributed by atoms with Gasteiger partial charge in [-0.05, 0) is 23.8 Å². The Hall–Kier alpha value is -3.78. The molecule has 0 aliphatic carbocycles. The lowest BCUT2D eigenvalue weighted by atomic mass is 10.1. The molecule has 0 amide bonds. The van der Waals surface area contributed by atoms with Crippen LogP contribution in [0.2, 0.25) is 0 Å². The maximum Gasteiger partial charge on any atom is 0.270 e. The minimum absolute atomic E-state index is 0.0865. The zero-order chi connectivity index (χ0) is 21.8. The SMILES string of the molecule is O=[N+]([O-])c1ccc(O)c(/C=N/c2cc(-c3ccc(Br)cc3)nn2Cc2ccccc2)c1. The molecule has 0 fully saturated rings. The van der Waals surface area contributed by atoms with Gasteiger partial charge in [0.2, 0.25) is 0 Å². The molecule has 0 aliphatic heterocycles. The van der Waals surface area contributed by atoms with Crippen molar-refractivity contribution in [1.29, 1.82) is 0 Å².